The zero-order chi connectivity index (χ0) is 13.1. The quantitative estimate of drug-likeness (QED) is 0.870. The molecule has 1 aliphatic rings. The molecule has 2 aromatic rings. The first kappa shape index (κ1) is 11.7. The van der Waals surface area contributed by atoms with Gasteiger partial charge in [-0.15, -0.1) is 0 Å². The van der Waals surface area contributed by atoms with E-state index in [4.69, 9.17) is 4.99 Å². The van der Waals surface area contributed by atoms with Gasteiger partial charge in [-0.05, 0) is 23.8 Å². The van der Waals surface area contributed by atoms with Crippen molar-refractivity contribution in [2.75, 3.05) is 0 Å². The van der Waals surface area contributed by atoms with E-state index in [0.717, 1.165) is 17.3 Å². The van der Waals surface area contributed by atoms with Gasteiger partial charge in [-0.25, -0.2) is 0 Å². The molecular weight excluding hydrogens is 234 g/mol. The van der Waals surface area contributed by atoms with Gasteiger partial charge in [0, 0.05) is 5.56 Å². The van der Waals surface area contributed by atoms with Crippen LogP contribution in [-0.4, -0.2) is 11.1 Å². The van der Waals surface area contributed by atoms with Crippen LogP contribution in [0, 0.1) is 0 Å². The number of para-hydroxylation sites is 2. The molecular formula is C17H15NO. The van der Waals surface area contributed by atoms with Gasteiger partial charge in [0.2, 0.25) is 0 Å². The van der Waals surface area contributed by atoms with E-state index in [9.17, 15) is 5.11 Å². The lowest BCUT2D eigenvalue weighted by molar-refractivity contribution is 0.474. The highest BCUT2D eigenvalue weighted by Gasteiger charge is 2.04. The number of rotatable bonds is 2. The molecule has 0 fully saturated rings. The predicted octanol–water partition coefficient (Wildman–Crippen LogP) is 2.28. The summed E-state index contributed by atoms with van der Waals surface area (Å²) in [6.07, 6.45) is 7.09. The van der Waals surface area contributed by atoms with Gasteiger partial charge in [-0.2, -0.15) is 0 Å². The molecule has 0 amide bonds. The summed E-state index contributed by atoms with van der Waals surface area (Å²) in [4.78, 5) is 4.69. The van der Waals surface area contributed by atoms with Crippen molar-refractivity contribution in [3.63, 3.8) is 0 Å². The molecule has 1 atom stereocenters. The number of phenols is 1. The number of benzene rings is 2. The third kappa shape index (κ3) is 2.58. The van der Waals surface area contributed by atoms with Crippen molar-refractivity contribution < 1.29 is 5.11 Å². The normalized spacial score (nSPS) is 17.6. The lowest BCUT2D eigenvalue weighted by atomic mass is 10.1. The summed E-state index contributed by atoms with van der Waals surface area (Å²) in [5, 5.41) is 12.0. The van der Waals surface area contributed by atoms with Gasteiger partial charge in [0.05, 0.1) is 11.4 Å². The summed E-state index contributed by atoms with van der Waals surface area (Å²) < 4.78 is 0. The molecule has 3 rings (SSSR count). The first-order chi connectivity index (χ1) is 9.33. The summed E-state index contributed by atoms with van der Waals surface area (Å²) in [7, 11) is 0. The number of hydrogen-bond acceptors (Lipinski definition) is 2. The van der Waals surface area contributed by atoms with E-state index in [1.807, 2.05) is 48.6 Å². The van der Waals surface area contributed by atoms with Crippen LogP contribution in [-0.2, 0) is 0 Å². The van der Waals surface area contributed by atoms with E-state index in [1.165, 1.54) is 5.22 Å². The van der Waals surface area contributed by atoms with Crippen LogP contribution >= 0.6 is 0 Å². The molecule has 19 heavy (non-hydrogen) atoms. The zero-order valence-electron chi connectivity index (χ0n) is 10.5. The predicted molar refractivity (Wildman–Crippen MR) is 77.2 cm³/mol. The summed E-state index contributed by atoms with van der Waals surface area (Å²) in [6.45, 7) is 0. The largest absolute Gasteiger partial charge is 0.507 e. The van der Waals surface area contributed by atoms with Gasteiger partial charge in [0.1, 0.15) is 5.75 Å². The van der Waals surface area contributed by atoms with Crippen LogP contribution in [0.5, 0.6) is 5.75 Å². The summed E-state index contributed by atoms with van der Waals surface area (Å²) in [5.41, 5.74) is 0.830. The van der Waals surface area contributed by atoms with Crippen molar-refractivity contribution in [2.24, 2.45) is 4.99 Å². The molecule has 94 valence electrons. The first-order valence-corrected chi connectivity index (χ1v) is 6.42. The van der Waals surface area contributed by atoms with Gasteiger partial charge in [0.25, 0.3) is 0 Å². The number of nitrogens with zero attached hydrogens (tertiary/aromatic N) is 1. The Labute approximate surface area is 112 Å². The molecule has 0 bridgehead atoms. The second-order valence-electron chi connectivity index (χ2n) is 4.61. The van der Waals surface area contributed by atoms with Crippen molar-refractivity contribution in [1.82, 2.24) is 0 Å². The molecule has 0 aliphatic carbocycles. The van der Waals surface area contributed by atoms with E-state index < -0.39 is 0 Å². The smallest absolute Gasteiger partial charge is 0.122 e. The molecule has 0 spiro atoms. The van der Waals surface area contributed by atoms with Crippen LogP contribution < -0.4 is 10.6 Å². The van der Waals surface area contributed by atoms with Crippen molar-refractivity contribution in [2.45, 2.75) is 12.5 Å². The van der Waals surface area contributed by atoms with Crippen molar-refractivity contribution in [1.29, 1.82) is 0 Å². The van der Waals surface area contributed by atoms with Crippen molar-refractivity contribution in [3.8, 4) is 5.75 Å². The van der Waals surface area contributed by atoms with Gasteiger partial charge in [-0.1, -0.05) is 54.6 Å². The average Bonchev–Trinajstić information content (AvgIpc) is 2.46. The highest BCUT2D eigenvalue weighted by Crippen LogP contribution is 2.18. The Balaban J connectivity index is 1.87. The highest BCUT2D eigenvalue weighted by atomic mass is 16.3. The van der Waals surface area contributed by atoms with E-state index >= 15 is 0 Å². The summed E-state index contributed by atoms with van der Waals surface area (Å²) in [6, 6.07) is 15.6. The molecule has 0 saturated carbocycles. The lowest BCUT2D eigenvalue weighted by Crippen LogP contribution is -2.30. The molecule has 1 aliphatic heterocycles. The molecule has 2 aromatic carbocycles. The monoisotopic (exact) mass is 249 g/mol. The number of fused-ring (bicyclic) bond motifs is 1. The van der Waals surface area contributed by atoms with E-state index in [1.54, 1.807) is 6.07 Å². The maximum absolute atomic E-state index is 9.71. The minimum atomic E-state index is 0.148. The Hall–Kier alpha value is -2.35. The molecule has 2 heteroatoms. The molecule has 1 heterocycles. The minimum absolute atomic E-state index is 0.148. The first-order valence-electron chi connectivity index (χ1n) is 6.42. The fourth-order valence-electron chi connectivity index (χ4n) is 2.22. The van der Waals surface area contributed by atoms with Gasteiger partial charge < -0.3 is 5.11 Å². The molecule has 1 N–H and O–H groups in total. The molecule has 1 unspecified atom stereocenters. The molecule has 0 aromatic heterocycles. The van der Waals surface area contributed by atoms with Gasteiger partial charge in [-0.3, -0.25) is 4.99 Å². The van der Waals surface area contributed by atoms with Crippen LogP contribution in [0.4, 0.5) is 0 Å². The van der Waals surface area contributed by atoms with Crippen molar-refractivity contribution >= 4 is 12.2 Å². The molecule has 2 nitrogen and oxygen atoms in total. The van der Waals surface area contributed by atoms with Crippen LogP contribution in [0.2, 0.25) is 0 Å². The van der Waals surface area contributed by atoms with E-state index in [2.05, 4.69) is 12.1 Å². The second-order valence-corrected chi connectivity index (χ2v) is 4.61. The summed E-state index contributed by atoms with van der Waals surface area (Å²) >= 11 is 0. The standard InChI is InChI=1S/C17H15NO/c19-17-8-4-2-6-14(17)10-12-15-11-9-13-5-1-3-7-16(13)18-15/h1-10,12,15,19H,11H2/b12-10+. The topological polar surface area (TPSA) is 32.6 Å². The van der Waals surface area contributed by atoms with E-state index in [0.29, 0.717) is 5.75 Å². The maximum Gasteiger partial charge on any atom is 0.122 e. The maximum atomic E-state index is 9.71. The zero-order valence-corrected chi connectivity index (χ0v) is 10.5. The molecule has 0 radical (unpaired) electrons. The summed E-state index contributed by atoms with van der Waals surface area (Å²) in [5.74, 6) is 0.305. The Morgan fingerprint density at radius 2 is 1.84 bits per heavy atom. The fraction of sp³-hybridized carbons (Fsp3) is 0.118. The van der Waals surface area contributed by atoms with Crippen LogP contribution in [0.1, 0.15) is 12.0 Å². The Bertz CT molecular complexity index is 731. The average molecular weight is 249 g/mol. The highest BCUT2D eigenvalue weighted by molar-refractivity contribution is 5.57. The van der Waals surface area contributed by atoms with Crippen LogP contribution in [0.15, 0.2) is 59.6 Å². The van der Waals surface area contributed by atoms with Crippen LogP contribution in [0.25, 0.3) is 12.2 Å². The number of phenolic OH excluding ortho intramolecular Hbond substituents is 1. The van der Waals surface area contributed by atoms with Gasteiger partial charge in [0.15, 0.2) is 0 Å². The third-order valence-electron chi connectivity index (χ3n) is 3.26. The van der Waals surface area contributed by atoms with E-state index in [-0.39, 0.29) is 6.04 Å². The Morgan fingerprint density at radius 1 is 1.05 bits per heavy atom. The molecule has 0 saturated heterocycles. The Morgan fingerprint density at radius 3 is 2.74 bits per heavy atom. The van der Waals surface area contributed by atoms with Crippen molar-refractivity contribution in [3.05, 3.63) is 70.7 Å². The fourth-order valence-corrected chi connectivity index (χ4v) is 2.22. The third-order valence-corrected chi connectivity index (χ3v) is 3.26. The second kappa shape index (κ2) is 5.11. The Kier molecular flexibility index (Phi) is 3.15. The number of aromatic hydroxyl groups is 1. The van der Waals surface area contributed by atoms with Gasteiger partial charge >= 0.3 is 0 Å². The lowest BCUT2D eigenvalue weighted by Gasteiger charge is -2.09. The SMILES string of the molecule is Oc1ccccc1/C=C/C1CC=c2ccccc2=N1. The number of hydrogen-bond donors (Lipinski definition) is 1. The minimum Gasteiger partial charge on any atom is -0.507 e. The van der Waals surface area contributed by atoms with Crippen LogP contribution in [0.3, 0.4) is 0 Å².